The van der Waals surface area contributed by atoms with Gasteiger partial charge < -0.3 is 14.9 Å². The maximum Gasteiger partial charge on any atom is 0.429 e. The molecule has 3 nitrogen and oxygen atoms in total. The number of hydrogen-bond donors (Lipinski definition) is 2. The first kappa shape index (κ1) is 15.6. The lowest BCUT2D eigenvalue weighted by Gasteiger charge is -2.29. The Hall–Kier alpha value is -2.31. The summed E-state index contributed by atoms with van der Waals surface area (Å²) in [6.45, 7) is 0. The van der Waals surface area contributed by atoms with E-state index in [0.29, 0.717) is 11.1 Å². The molecule has 0 spiro atoms. The van der Waals surface area contributed by atoms with E-state index in [1.165, 1.54) is 6.07 Å². The highest BCUT2D eigenvalue weighted by molar-refractivity contribution is 5.72. The van der Waals surface area contributed by atoms with Crippen molar-refractivity contribution in [3.63, 3.8) is 0 Å². The molecular weight excluding hydrogens is 309 g/mol. The number of ether oxygens (including phenoxy) is 1. The van der Waals surface area contributed by atoms with Crippen LogP contribution < -0.4 is 4.74 Å². The lowest BCUT2D eigenvalue weighted by molar-refractivity contribution is -0.192. The van der Waals surface area contributed by atoms with E-state index >= 15 is 0 Å². The number of hydrogen-bond acceptors (Lipinski definition) is 3. The molecule has 1 aliphatic rings. The van der Waals surface area contributed by atoms with E-state index in [-0.39, 0.29) is 5.75 Å². The number of rotatable bonds is 2. The summed E-state index contributed by atoms with van der Waals surface area (Å²) in [5.41, 5.74) is 1.30. The molecular formula is C17H13F3O3. The zero-order chi connectivity index (χ0) is 16.6. The Kier molecular flexibility index (Phi) is 3.87. The third kappa shape index (κ3) is 3.09. The van der Waals surface area contributed by atoms with E-state index in [1.54, 1.807) is 12.1 Å². The largest absolute Gasteiger partial charge is 0.476 e. The molecule has 0 radical (unpaired) electrons. The molecule has 2 aromatic carbocycles. The predicted molar refractivity (Wildman–Crippen MR) is 78.6 cm³/mol. The van der Waals surface area contributed by atoms with Crippen LogP contribution in [0.25, 0.3) is 17.2 Å². The minimum atomic E-state index is -4.74. The lowest BCUT2D eigenvalue weighted by atomic mass is 9.97. The van der Waals surface area contributed by atoms with Crippen LogP contribution in [-0.4, -0.2) is 28.8 Å². The highest BCUT2D eigenvalue weighted by Gasteiger charge is 2.47. The van der Waals surface area contributed by atoms with Crippen LogP contribution in [-0.2, 0) is 0 Å². The molecule has 0 aliphatic carbocycles. The topological polar surface area (TPSA) is 49.7 Å². The van der Waals surface area contributed by atoms with Gasteiger partial charge in [-0.05, 0) is 23.3 Å². The molecule has 0 bridgehead atoms. The fraction of sp³-hybridized carbons (Fsp3) is 0.176. The van der Waals surface area contributed by atoms with Crippen molar-refractivity contribution in [2.75, 3.05) is 0 Å². The summed E-state index contributed by atoms with van der Waals surface area (Å²) in [5.74, 6) is 0.0538. The summed E-state index contributed by atoms with van der Waals surface area (Å²) < 4.78 is 44.3. The molecule has 2 aromatic rings. The standard InChI is InChI=1S/C17H13F3O3/c18-17(19,20)15-13(16(21)22)8-12-7-6-11(9-14(12)23-15)10-4-2-1-3-5-10/h1-9,15-16,21-22H. The number of benzene rings is 2. The van der Waals surface area contributed by atoms with Gasteiger partial charge in [-0.25, -0.2) is 0 Å². The van der Waals surface area contributed by atoms with Crippen molar-refractivity contribution in [1.29, 1.82) is 0 Å². The Balaban J connectivity index is 2.05. The smallest absolute Gasteiger partial charge is 0.429 e. The van der Waals surface area contributed by atoms with Gasteiger partial charge in [0.05, 0.1) is 0 Å². The van der Waals surface area contributed by atoms with Gasteiger partial charge >= 0.3 is 6.18 Å². The van der Waals surface area contributed by atoms with Crippen LogP contribution in [0.1, 0.15) is 5.56 Å². The van der Waals surface area contributed by atoms with Gasteiger partial charge in [0.2, 0.25) is 6.10 Å². The maximum atomic E-state index is 13.1. The van der Waals surface area contributed by atoms with Crippen LogP contribution in [0.2, 0.25) is 0 Å². The van der Waals surface area contributed by atoms with E-state index in [2.05, 4.69) is 0 Å². The Bertz CT molecular complexity index is 736. The van der Waals surface area contributed by atoms with E-state index in [1.807, 2.05) is 30.3 Å². The summed E-state index contributed by atoms with van der Waals surface area (Å²) >= 11 is 0. The molecule has 3 rings (SSSR count). The third-order valence-corrected chi connectivity index (χ3v) is 3.59. The highest BCUT2D eigenvalue weighted by atomic mass is 19.4. The molecule has 1 atom stereocenters. The third-order valence-electron chi connectivity index (χ3n) is 3.59. The first-order valence-electron chi connectivity index (χ1n) is 6.87. The van der Waals surface area contributed by atoms with Gasteiger partial charge in [-0.15, -0.1) is 0 Å². The Morgan fingerprint density at radius 1 is 0.957 bits per heavy atom. The Labute approximate surface area is 130 Å². The molecule has 1 heterocycles. The maximum absolute atomic E-state index is 13.1. The molecule has 6 heteroatoms. The number of aliphatic hydroxyl groups excluding tert-OH is 1. The van der Waals surface area contributed by atoms with Crippen LogP contribution in [0, 0.1) is 0 Å². The molecule has 2 N–H and O–H groups in total. The SMILES string of the molecule is OC(O)C1=Cc2ccc(-c3ccccc3)cc2OC1C(F)(F)F. The molecule has 0 aromatic heterocycles. The summed E-state index contributed by atoms with van der Waals surface area (Å²) in [6.07, 6.45) is -8.24. The second kappa shape index (κ2) is 5.72. The van der Waals surface area contributed by atoms with Crippen LogP contribution in [0.5, 0.6) is 5.75 Å². The monoisotopic (exact) mass is 322 g/mol. The molecule has 0 fully saturated rings. The Morgan fingerprint density at radius 3 is 2.26 bits per heavy atom. The van der Waals surface area contributed by atoms with E-state index in [0.717, 1.165) is 11.6 Å². The van der Waals surface area contributed by atoms with Crippen molar-refractivity contribution < 1.29 is 28.1 Å². The van der Waals surface area contributed by atoms with Crippen molar-refractivity contribution in [2.45, 2.75) is 18.6 Å². The second-order valence-electron chi connectivity index (χ2n) is 5.18. The lowest BCUT2D eigenvalue weighted by Crippen LogP contribution is -2.41. The number of alkyl halides is 3. The average molecular weight is 322 g/mol. The fourth-order valence-corrected chi connectivity index (χ4v) is 2.48. The molecule has 0 amide bonds. The van der Waals surface area contributed by atoms with Gasteiger partial charge in [0, 0.05) is 11.1 Å². The summed E-state index contributed by atoms with van der Waals surface area (Å²) in [4.78, 5) is 0. The minimum Gasteiger partial charge on any atom is -0.476 e. The van der Waals surface area contributed by atoms with E-state index < -0.39 is 24.1 Å². The van der Waals surface area contributed by atoms with Crippen molar-refractivity contribution in [2.24, 2.45) is 0 Å². The van der Waals surface area contributed by atoms with E-state index in [9.17, 15) is 23.4 Å². The van der Waals surface area contributed by atoms with Gasteiger partial charge in [-0.3, -0.25) is 0 Å². The minimum absolute atomic E-state index is 0.0538. The first-order valence-corrected chi connectivity index (χ1v) is 6.87. The fourth-order valence-electron chi connectivity index (χ4n) is 2.48. The molecule has 1 aliphatic heterocycles. The average Bonchev–Trinajstić information content (AvgIpc) is 2.53. The molecule has 23 heavy (non-hydrogen) atoms. The van der Waals surface area contributed by atoms with Crippen molar-refractivity contribution >= 4 is 6.08 Å². The number of halogens is 3. The second-order valence-corrected chi connectivity index (χ2v) is 5.18. The number of aliphatic hydroxyl groups is 2. The zero-order valence-electron chi connectivity index (χ0n) is 11.8. The summed E-state index contributed by atoms with van der Waals surface area (Å²) in [7, 11) is 0. The van der Waals surface area contributed by atoms with Crippen molar-refractivity contribution in [3.05, 3.63) is 59.7 Å². The number of fused-ring (bicyclic) bond motifs is 1. The van der Waals surface area contributed by atoms with Crippen LogP contribution >= 0.6 is 0 Å². The molecule has 0 saturated heterocycles. The van der Waals surface area contributed by atoms with Gasteiger partial charge in [-0.1, -0.05) is 42.5 Å². The summed E-state index contributed by atoms with van der Waals surface area (Å²) in [6, 6.07) is 14.0. The highest BCUT2D eigenvalue weighted by Crippen LogP contribution is 2.39. The first-order chi connectivity index (χ1) is 10.9. The van der Waals surface area contributed by atoms with Crippen molar-refractivity contribution in [3.8, 4) is 16.9 Å². The van der Waals surface area contributed by atoms with Crippen LogP contribution in [0.4, 0.5) is 13.2 Å². The molecule has 120 valence electrons. The molecule has 0 saturated carbocycles. The quantitative estimate of drug-likeness (QED) is 0.834. The van der Waals surface area contributed by atoms with Crippen LogP contribution in [0.3, 0.4) is 0 Å². The predicted octanol–water partition coefficient (Wildman–Crippen LogP) is 3.37. The Morgan fingerprint density at radius 2 is 1.65 bits per heavy atom. The van der Waals surface area contributed by atoms with Gasteiger partial charge in [-0.2, -0.15) is 13.2 Å². The van der Waals surface area contributed by atoms with Crippen LogP contribution in [0.15, 0.2) is 54.1 Å². The van der Waals surface area contributed by atoms with Gasteiger partial charge in [0.1, 0.15) is 5.75 Å². The van der Waals surface area contributed by atoms with Crippen molar-refractivity contribution in [1.82, 2.24) is 0 Å². The molecule has 1 unspecified atom stereocenters. The van der Waals surface area contributed by atoms with Gasteiger partial charge in [0.15, 0.2) is 6.29 Å². The normalized spacial score (nSPS) is 17.5. The van der Waals surface area contributed by atoms with E-state index in [4.69, 9.17) is 4.74 Å². The van der Waals surface area contributed by atoms with Gasteiger partial charge in [0.25, 0.3) is 0 Å². The zero-order valence-corrected chi connectivity index (χ0v) is 11.8. The summed E-state index contributed by atoms with van der Waals surface area (Å²) in [5, 5.41) is 18.4.